The number of aromatic nitrogens is 1. The van der Waals surface area contributed by atoms with Crippen LogP contribution in [0.15, 0.2) is 6.20 Å². The highest BCUT2D eigenvalue weighted by molar-refractivity contribution is 5.92. The van der Waals surface area contributed by atoms with Crippen LogP contribution in [-0.4, -0.2) is 23.2 Å². The first-order valence-corrected chi connectivity index (χ1v) is 4.30. The fourth-order valence-electron chi connectivity index (χ4n) is 1.30. The zero-order valence-corrected chi connectivity index (χ0v) is 8.41. The Morgan fingerprint density at radius 1 is 1.69 bits per heavy atom. The number of methoxy groups -OCH3 is 1. The minimum Gasteiger partial charge on any atom is -0.495 e. The monoisotopic (exact) mass is 232 g/mol. The molecule has 0 aliphatic heterocycles. The van der Waals surface area contributed by atoms with E-state index in [1.807, 2.05) is 0 Å². The van der Waals surface area contributed by atoms with Crippen LogP contribution in [-0.2, 0) is 6.54 Å². The van der Waals surface area contributed by atoms with Crippen molar-refractivity contribution in [1.29, 1.82) is 0 Å². The van der Waals surface area contributed by atoms with Gasteiger partial charge in [0.1, 0.15) is 17.0 Å². The summed E-state index contributed by atoms with van der Waals surface area (Å²) in [6.45, 7) is -0.0417. The van der Waals surface area contributed by atoms with Crippen molar-refractivity contribution in [3.05, 3.63) is 23.0 Å². The van der Waals surface area contributed by atoms with Crippen molar-refractivity contribution in [2.24, 2.45) is 5.73 Å². The molecule has 0 spiro atoms. The van der Waals surface area contributed by atoms with Gasteiger partial charge >= 0.3 is 5.97 Å². The minimum absolute atomic E-state index is 0.0417. The Labute approximate surface area is 89.9 Å². The maximum atomic E-state index is 12.5. The predicted molar refractivity (Wildman–Crippen MR) is 50.6 cm³/mol. The molecular weight excluding hydrogens is 222 g/mol. The van der Waals surface area contributed by atoms with Crippen molar-refractivity contribution < 1.29 is 23.4 Å². The molecule has 0 saturated heterocycles. The summed E-state index contributed by atoms with van der Waals surface area (Å²) in [6.07, 6.45) is -1.89. The molecule has 1 heterocycles. The van der Waals surface area contributed by atoms with Crippen LogP contribution >= 0.6 is 0 Å². The Hall–Kier alpha value is -1.76. The third kappa shape index (κ3) is 2.08. The third-order valence-electron chi connectivity index (χ3n) is 1.98. The summed E-state index contributed by atoms with van der Waals surface area (Å²) >= 11 is 0. The smallest absolute Gasteiger partial charge is 0.341 e. The van der Waals surface area contributed by atoms with Gasteiger partial charge in [0.2, 0.25) is 0 Å². The van der Waals surface area contributed by atoms with Crippen molar-refractivity contribution in [2.45, 2.75) is 13.0 Å². The molecule has 88 valence electrons. The lowest BCUT2D eigenvalue weighted by atomic mass is 10.1. The summed E-state index contributed by atoms with van der Waals surface area (Å²) in [4.78, 5) is 14.3. The highest BCUT2D eigenvalue weighted by Gasteiger charge is 2.26. The first-order valence-electron chi connectivity index (χ1n) is 4.30. The summed E-state index contributed by atoms with van der Waals surface area (Å²) in [6, 6.07) is 0. The quantitative estimate of drug-likeness (QED) is 0.814. The number of nitrogens with two attached hydrogens (primary N) is 1. The zero-order valence-electron chi connectivity index (χ0n) is 8.41. The van der Waals surface area contributed by atoms with Gasteiger partial charge < -0.3 is 15.6 Å². The molecule has 0 fully saturated rings. The summed E-state index contributed by atoms with van der Waals surface area (Å²) in [5.74, 6) is -1.68. The lowest BCUT2D eigenvalue weighted by molar-refractivity contribution is 0.0677. The van der Waals surface area contributed by atoms with Crippen molar-refractivity contribution in [3.8, 4) is 5.75 Å². The van der Waals surface area contributed by atoms with Gasteiger partial charge in [0.15, 0.2) is 0 Å². The molecule has 0 amide bonds. The second-order valence-electron chi connectivity index (χ2n) is 2.89. The number of carboxylic acid groups (broad SMARTS) is 1. The predicted octanol–water partition coefficient (Wildman–Crippen LogP) is 1.18. The van der Waals surface area contributed by atoms with E-state index in [0.29, 0.717) is 0 Å². The standard InChI is InChI=1S/C9H10F2N2O3/c1-16-7-4(2-12)3-13-6(8(10)11)5(7)9(14)15/h3,8H,2,12H2,1H3,(H,14,15). The molecule has 0 aromatic carbocycles. The maximum Gasteiger partial charge on any atom is 0.341 e. The number of rotatable bonds is 4. The number of hydrogen-bond donors (Lipinski definition) is 2. The van der Waals surface area contributed by atoms with Gasteiger partial charge in [-0.2, -0.15) is 0 Å². The van der Waals surface area contributed by atoms with Crippen LogP contribution in [0.3, 0.4) is 0 Å². The van der Waals surface area contributed by atoms with Crippen molar-refractivity contribution in [1.82, 2.24) is 4.98 Å². The summed E-state index contributed by atoms with van der Waals surface area (Å²) in [5.41, 5.74) is 4.13. The fraction of sp³-hybridized carbons (Fsp3) is 0.333. The van der Waals surface area contributed by atoms with Gasteiger partial charge in [-0.25, -0.2) is 13.6 Å². The molecule has 5 nitrogen and oxygen atoms in total. The SMILES string of the molecule is COc1c(CN)cnc(C(F)F)c1C(=O)O. The number of hydrogen-bond acceptors (Lipinski definition) is 4. The van der Waals surface area contributed by atoms with E-state index >= 15 is 0 Å². The van der Waals surface area contributed by atoms with Crippen LogP contribution in [0.1, 0.15) is 28.0 Å². The van der Waals surface area contributed by atoms with Gasteiger partial charge in [-0.3, -0.25) is 4.98 Å². The van der Waals surface area contributed by atoms with Crippen LogP contribution in [0.5, 0.6) is 5.75 Å². The second-order valence-corrected chi connectivity index (χ2v) is 2.89. The van der Waals surface area contributed by atoms with Crippen molar-refractivity contribution >= 4 is 5.97 Å². The van der Waals surface area contributed by atoms with E-state index < -0.39 is 23.7 Å². The summed E-state index contributed by atoms with van der Waals surface area (Å²) in [7, 11) is 1.19. The van der Waals surface area contributed by atoms with Crippen LogP contribution in [0.25, 0.3) is 0 Å². The largest absolute Gasteiger partial charge is 0.495 e. The third-order valence-corrected chi connectivity index (χ3v) is 1.98. The summed E-state index contributed by atoms with van der Waals surface area (Å²) < 4.78 is 29.8. The Kier molecular flexibility index (Phi) is 3.73. The zero-order chi connectivity index (χ0) is 12.3. The van der Waals surface area contributed by atoms with Gasteiger partial charge in [-0.15, -0.1) is 0 Å². The molecule has 16 heavy (non-hydrogen) atoms. The Balaban J connectivity index is 3.50. The average Bonchev–Trinajstić information content (AvgIpc) is 2.26. The molecule has 0 aliphatic carbocycles. The van der Waals surface area contributed by atoms with E-state index in [9.17, 15) is 13.6 Å². The van der Waals surface area contributed by atoms with E-state index in [-0.39, 0.29) is 17.9 Å². The molecule has 1 aromatic heterocycles. The molecule has 0 unspecified atom stereocenters. The Morgan fingerprint density at radius 3 is 2.69 bits per heavy atom. The topological polar surface area (TPSA) is 85.4 Å². The Bertz CT molecular complexity index is 410. The second kappa shape index (κ2) is 4.84. The number of carbonyl (C=O) groups is 1. The molecule has 0 aliphatic rings. The first kappa shape index (κ1) is 12.3. The lowest BCUT2D eigenvalue weighted by Crippen LogP contribution is -2.12. The fourth-order valence-corrected chi connectivity index (χ4v) is 1.30. The van der Waals surface area contributed by atoms with E-state index in [4.69, 9.17) is 15.6 Å². The molecule has 0 atom stereocenters. The summed E-state index contributed by atoms with van der Waals surface area (Å²) in [5, 5.41) is 8.85. The average molecular weight is 232 g/mol. The number of pyridine rings is 1. The molecule has 7 heteroatoms. The van der Waals surface area contributed by atoms with Gasteiger partial charge in [0, 0.05) is 18.3 Å². The van der Waals surface area contributed by atoms with Crippen LogP contribution in [0.4, 0.5) is 8.78 Å². The van der Waals surface area contributed by atoms with E-state index in [0.717, 1.165) is 6.20 Å². The van der Waals surface area contributed by atoms with Gasteiger partial charge in [-0.1, -0.05) is 0 Å². The maximum absolute atomic E-state index is 12.5. The Morgan fingerprint density at radius 2 is 2.31 bits per heavy atom. The normalized spacial score (nSPS) is 10.6. The van der Waals surface area contributed by atoms with Crippen LogP contribution in [0, 0.1) is 0 Å². The number of carboxylic acids is 1. The molecule has 1 aromatic rings. The highest BCUT2D eigenvalue weighted by atomic mass is 19.3. The van der Waals surface area contributed by atoms with E-state index in [1.165, 1.54) is 7.11 Å². The molecule has 1 rings (SSSR count). The lowest BCUT2D eigenvalue weighted by Gasteiger charge is -2.12. The minimum atomic E-state index is -2.98. The first-order chi connectivity index (χ1) is 7.52. The molecule has 0 radical (unpaired) electrons. The molecule has 0 saturated carbocycles. The van der Waals surface area contributed by atoms with Gasteiger partial charge in [0.25, 0.3) is 6.43 Å². The number of nitrogens with zero attached hydrogens (tertiary/aromatic N) is 1. The molecular formula is C9H10F2N2O3. The number of alkyl halides is 2. The number of aromatic carboxylic acids is 1. The van der Waals surface area contributed by atoms with Crippen LogP contribution in [0.2, 0.25) is 0 Å². The number of halogens is 2. The van der Waals surface area contributed by atoms with Gasteiger partial charge in [-0.05, 0) is 0 Å². The molecule has 3 N–H and O–H groups in total. The van der Waals surface area contributed by atoms with Crippen molar-refractivity contribution in [3.63, 3.8) is 0 Å². The van der Waals surface area contributed by atoms with E-state index in [1.54, 1.807) is 0 Å². The van der Waals surface area contributed by atoms with Crippen LogP contribution < -0.4 is 10.5 Å². The van der Waals surface area contributed by atoms with Crippen molar-refractivity contribution in [2.75, 3.05) is 7.11 Å². The van der Waals surface area contributed by atoms with E-state index in [2.05, 4.69) is 4.98 Å². The molecule has 0 bridgehead atoms. The van der Waals surface area contributed by atoms with Gasteiger partial charge in [0.05, 0.1) is 7.11 Å². The number of ether oxygens (including phenoxy) is 1. The highest BCUT2D eigenvalue weighted by Crippen LogP contribution is 2.30.